The van der Waals surface area contributed by atoms with Crippen LogP contribution in [0.5, 0.6) is 0 Å². The van der Waals surface area contributed by atoms with Crippen molar-refractivity contribution in [2.75, 3.05) is 44.3 Å². The van der Waals surface area contributed by atoms with Gasteiger partial charge >= 0.3 is 0 Å². The number of para-hydroxylation sites is 1. The first-order chi connectivity index (χ1) is 13.6. The number of anilines is 1. The molecule has 1 N–H and O–H groups in total. The fourth-order valence-electron chi connectivity index (χ4n) is 3.07. The fourth-order valence-corrected chi connectivity index (χ4v) is 3.07. The van der Waals surface area contributed by atoms with Gasteiger partial charge in [-0.05, 0) is 17.7 Å². The summed E-state index contributed by atoms with van der Waals surface area (Å²) < 4.78 is 19.1. The molecule has 1 heterocycles. The smallest absolute Gasteiger partial charge is 0.248 e. The number of hydrogen-bond donors (Lipinski definition) is 1. The standard InChI is InChI=1S/C21H24FN3O3/c22-18-8-4-5-9-19(18)24-10-12-25(13-11-24)21(27)16-28-15-20(26)23-14-17-6-2-1-3-7-17/h1-9H,10-16H2,(H,23,26). The van der Waals surface area contributed by atoms with E-state index in [0.717, 1.165) is 5.56 Å². The number of hydrogen-bond acceptors (Lipinski definition) is 4. The van der Waals surface area contributed by atoms with E-state index < -0.39 is 0 Å². The van der Waals surface area contributed by atoms with Crippen molar-refractivity contribution in [2.45, 2.75) is 6.54 Å². The van der Waals surface area contributed by atoms with Crippen molar-refractivity contribution in [1.29, 1.82) is 0 Å². The third kappa shape index (κ3) is 5.53. The molecule has 148 valence electrons. The molecule has 0 radical (unpaired) electrons. The van der Waals surface area contributed by atoms with Gasteiger partial charge < -0.3 is 19.9 Å². The summed E-state index contributed by atoms with van der Waals surface area (Å²) in [6.45, 7) is 2.24. The highest BCUT2D eigenvalue weighted by Gasteiger charge is 2.22. The topological polar surface area (TPSA) is 61.9 Å². The fraction of sp³-hybridized carbons (Fsp3) is 0.333. The van der Waals surface area contributed by atoms with Crippen LogP contribution in [0.15, 0.2) is 54.6 Å². The third-order valence-corrected chi connectivity index (χ3v) is 4.62. The second kappa shape index (κ2) is 9.85. The molecule has 0 aliphatic carbocycles. The number of nitrogens with one attached hydrogen (secondary N) is 1. The minimum Gasteiger partial charge on any atom is -0.366 e. The summed E-state index contributed by atoms with van der Waals surface area (Å²) in [6.07, 6.45) is 0. The molecule has 0 saturated carbocycles. The lowest BCUT2D eigenvalue weighted by molar-refractivity contribution is -0.138. The van der Waals surface area contributed by atoms with Crippen molar-refractivity contribution < 1.29 is 18.7 Å². The number of amides is 2. The molecule has 2 aromatic carbocycles. The van der Waals surface area contributed by atoms with Crippen LogP contribution in [0.1, 0.15) is 5.56 Å². The molecule has 1 aliphatic heterocycles. The van der Waals surface area contributed by atoms with Gasteiger partial charge in [-0.1, -0.05) is 42.5 Å². The van der Waals surface area contributed by atoms with Crippen LogP contribution in [-0.4, -0.2) is 56.1 Å². The Morgan fingerprint density at radius 1 is 0.929 bits per heavy atom. The number of rotatable bonds is 7. The van der Waals surface area contributed by atoms with Crippen LogP contribution in [0.4, 0.5) is 10.1 Å². The van der Waals surface area contributed by atoms with Gasteiger partial charge in [-0.2, -0.15) is 0 Å². The van der Waals surface area contributed by atoms with Crippen LogP contribution in [0.3, 0.4) is 0 Å². The van der Waals surface area contributed by atoms with Crippen molar-refractivity contribution in [1.82, 2.24) is 10.2 Å². The van der Waals surface area contributed by atoms with Gasteiger partial charge in [0.05, 0.1) is 5.69 Å². The molecule has 0 unspecified atom stereocenters. The second-order valence-electron chi connectivity index (χ2n) is 6.57. The zero-order valence-corrected chi connectivity index (χ0v) is 15.6. The molecule has 7 heteroatoms. The van der Waals surface area contributed by atoms with Gasteiger partial charge in [-0.3, -0.25) is 9.59 Å². The minimum absolute atomic E-state index is 0.140. The number of benzene rings is 2. The Balaban J connectivity index is 1.34. The summed E-state index contributed by atoms with van der Waals surface area (Å²) in [5, 5.41) is 2.75. The highest BCUT2D eigenvalue weighted by Crippen LogP contribution is 2.20. The lowest BCUT2D eigenvalue weighted by Crippen LogP contribution is -2.50. The molecule has 0 aromatic heterocycles. The molecule has 0 spiro atoms. The van der Waals surface area contributed by atoms with Crippen LogP contribution in [0.2, 0.25) is 0 Å². The molecule has 28 heavy (non-hydrogen) atoms. The molecular formula is C21H24FN3O3. The summed E-state index contributed by atoms with van der Waals surface area (Å²) in [6, 6.07) is 16.2. The Morgan fingerprint density at radius 3 is 2.32 bits per heavy atom. The van der Waals surface area contributed by atoms with E-state index in [9.17, 15) is 14.0 Å². The molecule has 2 aromatic rings. The minimum atomic E-state index is -0.263. The number of piperazine rings is 1. The summed E-state index contributed by atoms with van der Waals surface area (Å²) >= 11 is 0. The van der Waals surface area contributed by atoms with Crippen molar-refractivity contribution in [2.24, 2.45) is 0 Å². The predicted molar refractivity (Wildman–Crippen MR) is 104 cm³/mol. The van der Waals surface area contributed by atoms with E-state index in [1.165, 1.54) is 6.07 Å². The maximum Gasteiger partial charge on any atom is 0.248 e. The van der Waals surface area contributed by atoms with Crippen molar-refractivity contribution in [3.05, 3.63) is 66.0 Å². The van der Waals surface area contributed by atoms with E-state index in [1.54, 1.807) is 23.1 Å². The highest BCUT2D eigenvalue weighted by molar-refractivity contribution is 5.79. The zero-order valence-electron chi connectivity index (χ0n) is 15.6. The van der Waals surface area contributed by atoms with E-state index in [4.69, 9.17) is 4.74 Å². The molecule has 6 nitrogen and oxygen atoms in total. The average molecular weight is 385 g/mol. The molecule has 1 fully saturated rings. The normalized spacial score (nSPS) is 14.0. The van der Waals surface area contributed by atoms with Gasteiger partial charge in [0.2, 0.25) is 11.8 Å². The first kappa shape index (κ1) is 19.8. The first-order valence-corrected chi connectivity index (χ1v) is 9.29. The molecule has 2 amide bonds. The maximum absolute atomic E-state index is 13.9. The van der Waals surface area contributed by atoms with Crippen LogP contribution in [-0.2, 0) is 20.9 Å². The first-order valence-electron chi connectivity index (χ1n) is 9.29. The number of halogens is 1. The SMILES string of the molecule is O=C(COCC(=O)N1CCN(c2ccccc2F)CC1)NCc1ccccc1. The Morgan fingerprint density at radius 2 is 1.61 bits per heavy atom. The quantitative estimate of drug-likeness (QED) is 0.790. The second-order valence-corrected chi connectivity index (χ2v) is 6.57. The Kier molecular flexibility index (Phi) is 6.97. The number of ether oxygens (including phenoxy) is 1. The molecule has 1 saturated heterocycles. The van der Waals surface area contributed by atoms with Crippen molar-refractivity contribution in [3.8, 4) is 0 Å². The van der Waals surface area contributed by atoms with E-state index in [2.05, 4.69) is 5.32 Å². The van der Waals surface area contributed by atoms with Gasteiger partial charge in [0.15, 0.2) is 0 Å². The number of nitrogens with zero attached hydrogens (tertiary/aromatic N) is 2. The summed E-state index contributed by atoms with van der Waals surface area (Å²) in [5.41, 5.74) is 1.56. The predicted octanol–water partition coefficient (Wildman–Crippen LogP) is 1.81. The molecule has 0 atom stereocenters. The number of carbonyl (C=O) groups is 2. The summed E-state index contributed by atoms with van der Waals surface area (Å²) in [4.78, 5) is 27.7. The van der Waals surface area contributed by atoms with Gasteiger partial charge in [0, 0.05) is 32.7 Å². The van der Waals surface area contributed by atoms with Gasteiger partial charge in [0.1, 0.15) is 19.0 Å². The van der Waals surface area contributed by atoms with Gasteiger partial charge in [-0.25, -0.2) is 4.39 Å². The van der Waals surface area contributed by atoms with Crippen molar-refractivity contribution in [3.63, 3.8) is 0 Å². The summed E-state index contributed by atoms with van der Waals surface area (Å²) in [5.74, 6) is -0.683. The van der Waals surface area contributed by atoms with E-state index in [-0.39, 0.29) is 30.8 Å². The zero-order chi connectivity index (χ0) is 19.8. The molecule has 0 bridgehead atoms. The van der Waals surface area contributed by atoms with Crippen LogP contribution < -0.4 is 10.2 Å². The highest BCUT2D eigenvalue weighted by atomic mass is 19.1. The Bertz CT molecular complexity index is 792. The largest absolute Gasteiger partial charge is 0.366 e. The van der Waals surface area contributed by atoms with E-state index >= 15 is 0 Å². The van der Waals surface area contributed by atoms with Crippen LogP contribution >= 0.6 is 0 Å². The van der Waals surface area contributed by atoms with Crippen LogP contribution in [0, 0.1) is 5.82 Å². The molecule has 1 aliphatic rings. The maximum atomic E-state index is 13.9. The molecule has 3 rings (SSSR count). The lowest BCUT2D eigenvalue weighted by atomic mass is 10.2. The summed E-state index contributed by atoms with van der Waals surface area (Å²) in [7, 11) is 0. The monoisotopic (exact) mass is 385 g/mol. The Hall–Kier alpha value is -2.93. The van der Waals surface area contributed by atoms with Gasteiger partial charge in [0.25, 0.3) is 0 Å². The lowest BCUT2D eigenvalue weighted by Gasteiger charge is -2.36. The van der Waals surface area contributed by atoms with Crippen LogP contribution in [0.25, 0.3) is 0 Å². The Labute approximate surface area is 163 Å². The average Bonchev–Trinajstić information content (AvgIpc) is 2.73. The van der Waals surface area contributed by atoms with E-state index in [1.807, 2.05) is 35.2 Å². The molecular weight excluding hydrogens is 361 g/mol. The van der Waals surface area contributed by atoms with Crippen molar-refractivity contribution >= 4 is 17.5 Å². The van der Waals surface area contributed by atoms with Gasteiger partial charge in [-0.15, -0.1) is 0 Å². The number of carbonyl (C=O) groups excluding carboxylic acids is 2. The third-order valence-electron chi connectivity index (χ3n) is 4.62. The van der Waals surface area contributed by atoms with E-state index in [0.29, 0.717) is 38.4 Å².